The molecule has 2 saturated heterocycles. The summed E-state index contributed by atoms with van der Waals surface area (Å²) in [6.45, 7) is 7.97. The number of likely N-dealkylation sites (tertiary alicyclic amines) is 2. The SMILES string of the molecule is CCNC(=NCCCN1CCCC1C(=O)N(C)C)N1CCC(CSc2ccccc2)C1. The summed E-state index contributed by atoms with van der Waals surface area (Å²) >= 11 is 1.96. The number of nitrogens with one attached hydrogen (secondary N) is 1. The lowest BCUT2D eigenvalue weighted by atomic mass is 10.2. The molecule has 172 valence electrons. The Balaban J connectivity index is 1.44. The van der Waals surface area contributed by atoms with Gasteiger partial charge in [-0.2, -0.15) is 0 Å². The number of amides is 1. The van der Waals surface area contributed by atoms with Crippen molar-refractivity contribution in [3.63, 3.8) is 0 Å². The maximum Gasteiger partial charge on any atom is 0.239 e. The first-order valence-electron chi connectivity index (χ1n) is 11.7. The van der Waals surface area contributed by atoms with E-state index in [-0.39, 0.29) is 11.9 Å². The third-order valence-electron chi connectivity index (χ3n) is 6.10. The van der Waals surface area contributed by atoms with E-state index in [0.29, 0.717) is 5.92 Å². The minimum atomic E-state index is 0.0636. The van der Waals surface area contributed by atoms with Gasteiger partial charge in [0.15, 0.2) is 5.96 Å². The van der Waals surface area contributed by atoms with E-state index in [1.807, 2.05) is 25.9 Å². The van der Waals surface area contributed by atoms with Gasteiger partial charge in [0.05, 0.1) is 6.04 Å². The normalized spacial score (nSPS) is 22.2. The summed E-state index contributed by atoms with van der Waals surface area (Å²) in [7, 11) is 3.71. The van der Waals surface area contributed by atoms with Crippen molar-refractivity contribution in [2.45, 2.75) is 43.5 Å². The van der Waals surface area contributed by atoms with Crippen molar-refractivity contribution in [1.29, 1.82) is 0 Å². The van der Waals surface area contributed by atoms with Crippen LogP contribution in [-0.4, -0.2) is 91.7 Å². The first-order chi connectivity index (χ1) is 15.1. The van der Waals surface area contributed by atoms with Crippen LogP contribution >= 0.6 is 11.8 Å². The molecule has 2 aliphatic rings. The van der Waals surface area contributed by atoms with Crippen molar-refractivity contribution in [1.82, 2.24) is 20.0 Å². The first-order valence-corrected chi connectivity index (χ1v) is 12.7. The summed E-state index contributed by atoms with van der Waals surface area (Å²) in [5.41, 5.74) is 0. The highest BCUT2D eigenvalue weighted by molar-refractivity contribution is 7.99. The topological polar surface area (TPSA) is 51.2 Å². The predicted molar refractivity (Wildman–Crippen MR) is 131 cm³/mol. The molecule has 2 atom stereocenters. The molecule has 2 aliphatic heterocycles. The van der Waals surface area contributed by atoms with Crippen LogP contribution < -0.4 is 5.32 Å². The Morgan fingerprint density at radius 1 is 1.23 bits per heavy atom. The molecule has 2 heterocycles. The van der Waals surface area contributed by atoms with Gasteiger partial charge in [0, 0.05) is 57.5 Å². The Morgan fingerprint density at radius 3 is 2.77 bits per heavy atom. The summed E-state index contributed by atoms with van der Waals surface area (Å²) < 4.78 is 0. The van der Waals surface area contributed by atoms with Crippen LogP contribution in [0.3, 0.4) is 0 Å². The Kier molecular flexibility index (Phi) is 9.53. The van der Waals surface area contributed by atoms with E-state index in [1.165, 1.54) is 11.3 Å². The summed E-state index contributed by atoms with van der Waals surface area (Å²) in [6.07, 6.45) is 4.32. The average Bonchev–Trinajstić information content (AvgIpc) is 3.44. The van der Waals surface area contributed by atoms with Crippen molar-refractivity contribution in [2.75, 3.05) is 59.1 Å². The molecule has 7 heteroatoms. The average molecular weight is 446 g/mol. The second-order valence-electron chi connectivity index (χ2n) is 8.74. The van der Waals surface area contributed by atoms with E-state index >= 15 is 0 Å². The number of benzene rings is 1. The Bertz CT molecular complexity index is 711. The van der Waals surface area contributed by atoms with Gasteiger partial charge < -0.3 is 15.1 Å². The summed E-state index contributed by atoms with van der Waals surface area (Å²) in [5.74, 6) is 3.16. The quantitative estimate of drug-likeness (QED) is 0.274. The van der Waals surface area contributed by atoms with Crippen molar-refractivity contribution < 1.29 is 4.79 Å². The van der Waals surface area contributed by atoms with E-state index in [1.54, 1.807) is 4.90 Å². The number of hydrogen-bond acceptors (Lipinski definition) is 4. The number of guanidine groups is 1. The second kappa shape index (κ2) is 12.3. The smallest absolute Gasteiger partial charge is 0.239 e. The minimum Gasteiger partial charge on any atom is -0.357 e. The molecule has 6 nitrogen and oxygen atoms in total. The van der Waals surface area contributed by atoms with Crippen LogP contribution in [0.2, 0.25) is 0 Å². The highest BCUT2D eigenvalue weighted by Crippen LogP contribution is 2.26. The fourth-order valence-corrected chi connectivity index (χ4v) is 5.50. The van der Waals surface area contributed by atoms with E-state index in [0.717, 1.165) is 70.2 Å². The van der Waals surface area contributed by atoms with Crippen LogP contribution in [0.15, 0.2) is 40.2 Å². The highest BCUT2D eigenvalue weighted by atomic mass is 32.2. The molecule has 0 spiro atoms. The van der Waals surface area contributed by atoms with Crippen LogP contribution in [0, 0.1) is 5.92 Å². The molecule has 0 aromatic heterocycles. The molecule has 1 aromatic rings. The number of rotatable bonds is 9. The van der Waals surface area contributed by atoms with Crippen LogP contribution in [-0.2, 0) is 4.79 Å². The number of likely N-dealkylation sites (N-methyl/N-ethyl adjacent to an activating group) is 1. The molecule has 0 saturated carbocycles. The van der Waals surface area contributed by atoms with Gasteiger partial charge in [-0.05, 0) is 57.2 Å². The lowest BCUT2D eigenvalue weighted by Crippen LogP contribution is -2.43. The number of carbonyl (C=O) groups is 1. The zero-order chi connectivity index (χ0) is 22.1. The van der Waals surface area contributed by atoms with Crippen LogP contribution in [0.1, 0.15) is 32.6 Å². The van der Waals surface area contributed by atoms with Crippen molar-refractivity contribution in [3.05, 3.63) is 30.3 Å². The fraction of sp³-hybridized carbons (Fsp3) is 0.667. The summed E-state index contributed by atoms with van der Waals surface area (Å²) in [5, 5.41) is 3.48. The molecule has 3 rings (SSSR count). The standard InChI is InChI=1S/C24H39N5OS/c1-4-25-24(26-14-9-16-28-15-8-12-22(28)23(30)27(2)3)29-17-13-20(18-29)19-31-21-10-6-5-7-11-21/h5-7,10-11,20,22H,4,8-9,12-19H2,1-3H3,(H,25,26). The molecular weight excluding hydrogens is 406 g/mol. The van der Waals surface area contributed by atoms with E-state index in [2.05, 4.69) is 52.4 Å². The molecule has 1 aromatic carbocycles. The van der Waals surface area contributed by atoms with Gasteiger partial charge in [-0.15, -0.1) is 11.8 Å². The molecule has 2 unspecified atom stereocenters. The van der Waals surface area contributed by atoms with Crippen molar-refractivity contribution >= 4 is 23.6 Å². The van der Waals surface area contributed by atoms with Gasteiger partial charge in [-0.1, -0.05) is 18.2 Å². The first kappa shape index (κ1) is 23.9. The molecule has 0 radical (unpaired) electrons. The molecular formula is C24H39N5OS. The zero-order valence-corrected chi connectivity index (χ0v) is 20.2. The lowest BCUT2D eigenvalue weighted by Gasteiger charge is -2.26. The summed E-state index contributed by atoms with van der Waals surface area (Å²) in [6, 6.07) is 10.7. The molecule has 2 fully saturated rings. The molecule has 31 heavy (non-hydrogen) atoms. The number of nitrogens with zero attached hydrogens (tertiary/aromatic N) is 4. The predicted octanol–water partition coefficient (Wildman–Crippen LogP) is 3.01. The zero-order valence-electron chi connectivity index (χ0n) is 19.4. The highest BCUT2D eigenvalue weighted by Gasteiger charge is 2.31. The van der Waals surface area contributed by atoms with Gasteiger partial charge in [-0.25, -0.2) is 0 Å². The Hall–Kier alpha value is -1.73. The second-order valence-corrected chi connectivity index (χ2v) is 9.83. The lowest BCUT2D eigenvalue weighted by molar-refractivity contribution is -0.133. The number of carbonyl (C=O) groups excluding carboxylic acids is 1. The van der Waals surface area contributed by atoms with Crippen LogP contribution in [0.4, 0.5) is 0 Å². The Morgan fingerprint density at radius 2 is 2.03 bits per heavy atom. The number of thioether (sulfide) groups is 1. The molecule has 1 amide bonds. The monoisotopic (exact) mass is 445 g/mol. The van der Waals surface area contributed by atoms with Crippen molar-refractivity contribution in [2.24, 2.45) is 10.9 Å². The molecule has 0 bridgehead atoms. The number of hydrogen-bond donors (Lipinski definition) is 1. The maximum atomic E-state index is 12.4. The summed E-state index contributed by atoms with van der Waals surface area (Å²) in [4.78, 5) is 25.1. The van der Waals surface area contributed by atoms with Gasteiger partial charge in [0.1, 0.15) is 0 Å². The minimum absolute atomic E-state index is 0.0636. The van der Waals surface area contributed by atoms with Crippen molar-refractivity contribution in [3.8, 4) is 0 Å². The van der Waals surface area contributed by atoms with Crippen LogP contribution in [0.5, 0.6) is 0 Å². The number of aliphatic imine (C=N–C) groups is 1. The van der Waals surface area contributed by atoms with E-state index in [9.17, 15) is 4.79 Å². The third kappa shape index (κ3) is 7.14. The van der Waals surface area contributed by atoms with E-state index < -0.39 is 0 Å². The Labute approximate surface area is 192 Å². The largest absolute Gasteiger partial charge is 0.357 e. The maximum absolute atomic E-state index is 12.4. The van der Waals surface area contributed by atoms with Gasteiger partial charge in [0.2, 0.25) is 5.91 Å². The van der Waals surface area contributed by atoms with E-state index in [4.69, 9.17) is 4.99 Å². The van der Waals surface area contributed by atoms with Gasteiger partial charge >= 0.3 is 0 Å². The van der Waals surface area contributed by atoms with Gasteiger partial charge in [0.25, 0.3) is 0 Å². The van der Waals surface area contributed by atoms with Gasteiger partial charge in [-0.3, -0.25) is 14.7 Å². The molecule has 1 N–H and O–H groups in total. The molecule has 0 aliphatic carbocycles. The fourth-order valence-electron chi connectivity index (χ4n) is 4.45. The third-order valence-corrected chi connectivity index (χ3v) is 7.35. The van der Waals surface area contributed by atoms with Crippen LogP contribution in [0.25, 0.3) is 0 Å².